The van der Waals surface area contributed by atoms with Gasteiger partial charge in [-0.2, -0.15) is 0 Å². The molecule has 0 fully saturated rings. The van der Waals surface area contributed by atoms with E-state index in [4.69, 9.17) is 0 Å². The van der Waals surface area contributed by atoms with Crippen molar-refractivity contribution in [1.82, 2.24) is 9.97 Å². The maximum Gasteiger partial charge on any atom is 0.573 e. The van der Waals surface area contributed by atoms with Crippen LogP contribution < -0.4 is 20.1 Å². The molecule has 3 rings (SSSR count). The van der Waals surface area contributed by atoms with Gasteiger partial charge in [-0.25, -0.2) is 9.97 Å². The molecule has 0 aliphatic heterocycles. The van der Waals surface area contributed by atoms with Crippen LogP contribution in [0.15, 0.2) is 60.9 Å². The predicted molar refractivity (Wildman–Crippen MR) is 94.8 cm³/mol. The van der Waals surface area contributed by atoms with E-state index in [1.54, 1.807) is 0 Å². The van der Waals surface area contributed by atoms with Crippen molar-refractivity contribution >= 4 is 23.0 Å². The lowest BCUT2D eigenvalue weighted by Gasteiger charge is -2.13. The molecule has 2 aromatic carbocycles. The van der Waals surface area contributed by atoms with E-state index in [-0.39, 0.29) is 23.1 Å². The van der Waals surface area contributed by atoms with Crippen LogP contribution in [0.3, 0.4) is 0 Å². The van der Waals surface area contributed by atoms with E-state index in [1.165, 1.54) is 36.7 Å². The van der Waals surface area contributed by atoms with Crippen molar-refractivity contribution in [2.45, 2.75) is 12.7 Å². The van der Waals surface area contributed by atoms with Gasteiger partial charge in [0.2, 0.25) is 0 Å². The highest BCUT2D eigenvalue weighted by molar-refractivity contribution is 5.72. The second-order valence-electron chi connectivity index (χ2n) is 5.65. The Morgan fingerprint density at radius 2 is 0.900 bits per heavy atom. The fraction of sp³-hybridized carbons (Fsp3) is 0.111. The second-order valence-corrected chi connectivity index (χ2v) is 5.65. The number of nitrogens with zero attached hydrogens (tertiary/aromatic N) is 2. The standard InChI is InChI=1S/C18H12F6N4O2/c19-17(20,21)29-13-5-1-11(2-6-13)27-15-16(26-10-9-25-15)28-12-3-7-14(8-4-12)30-18(22,23)24/h1-10H,(H,25,27)(H,26,28). The van der Waals surface area contributed by atoms with E-state index in [9.17, 15) is 26.3 Å². The van der Waals surface area contributed by atoms with Gasteiger partial charge in [0.05, 0.1) is 0 Å². The summed E-state index contributed by atoms with van der Waals surface area (Å²) < 4.78 is 81.0. The Morgan fingerprint density at radius 3 is 1.20 bits per heavy atom. The third-order valence-electron chi connectivity index (χ3n) is 3.40. The van der Waals surface area contributed by atoms with Gasteiger partial charge in [-0.1, -0.05) is 0 Å². The second kappa shape index (κ2) is 8.35. The molecule has 0 saturated carbocycles. The Kier molecular flexibility index (Phi) is 5.85. The Balaban J connectivity index is 1.70. The normalized spacial score (nSPS) is 11.7. The van der Waals surface area contributed by atoms with Crippen LogP contribution in [0, 0.1) is 0 Å². The van der Waals surface area contributed by atoms with E-state index in [1.807, 2.05) is 0 Å². The molecule has 0 spiro atoms. The zero-order chi connectivity index (χ0) is 21.8. The molecule has 2 N–H and O–H groups in total. The van der Waals surface area contributed by atoms with Crippen molar-refractivity contribution in [2.24, 2.45) is 0 Å². The third-order valence-corrected chi connectivity index (χ3v) is 3.40. The molecular formula is C18H12F6N4O2. The van der Waals surface area contributed by atoms with E-state index in [0.717, 1.165) is 24.3 Å². The number of ether oxygens (including phenoxy) is 2. The van der Waals surface area contributed by atoms with Gasteiger partial charge in [0.25, 0.3) is 0 Å². The molecule has 12 heteroatoms. The van der Waals surface area contributed by atoms with Crippen molar-refractivity contribution in [1.29, 1.82) is 0 Å². The Morgan fingerprint density at radius 1 is 0.567 bits per heavy atom. The number of nitrogens with one attached hydrogen (secondary N) is 2. The van der Waals surface area contributed by atoms with Crippen LogP contribution >= 0.6 is 0 Å². The average molecular weight is 430 g/mol. The fourth-order valence-corrected chi connectivity index (χ4v) is 2.27. The first-order chi connectivity index (χ1) is 14.1. The van der Waals surface area contributed by atoms with Crippen LogP contribution in [0.2, 0.25) is 0 Å². The molecule has 0 radical (unpaired) electrons. The minimum absolute atomic E-state index is 0.234. The summed E-state index contributed by atoms with van der Waals surface area (Å²) in [6.45, 7) is 0. The van der Waals surface area contributed by atoms with Crippen LogP contribution in [-0.2, 0) is 0 Å². The van der Waals surface area contributed by atoms with Crippen molar-refractivity contribution in [2.75, 3.05) is 10.6 Å². The number of halogens is 6. The van der Waals surface area contributed by atoms with Gasteiger partial charge in [0, 0.05) is 23.8 Å². The summed E-state index contributed by atoms with van der Waals surface area (Å²) in [6.07, 6.45) is -6.82. The van der Waals surface area contributed by atoms with Gasteiger partial charge < -0.3 is 20.1 Å². The zero-order valence-corrected chi connectivity index (χ0v) is 14.8. The number of hydrogen-bond acceptors (Lipinski definition) is 6. The summed E-state index contributed by atoms with van der Waals surface area (Å²) in [4.78, 5) is 8.19. The van der Waals surface area contributed by atoms with Crippen LogP contribution in [0.4, 0.5) is 49.4 Å². The molecule has 0 amide bonds. The number of alkyl halides is 6. The van der Waals surface area contributed by atoms with Crippen LogP contribution in [0.1, 0.15) is 0 Å². The highest BCUT2D eigenvalue weighted by atomic mass is 19.4. The number of hydrogen-bond donors (Lipinski definition) is 2. The van der Waals surface area contributed by atoms with Gasteiger partial charge >= 0.3 is 12.7 Å². The average Bonchev–Trinajstić information content (AvgIpc) is 2.64. The summed E-state index contributed by atoms with van der Waals surface area (Å²) in [5.74, 6) is -0.298. The molecule has 0 atom stereocenters. The predicted octanol–water partition coefficient (Wildman–Crippen LogP) is 5.76. The highest BCUT2D eigenvalue weighted by Gasteiger charge is 2.31. The first-order valence-corrected chi connectivity index (χ1v) is 8.14. The number of anilines is 4. The van der Waals surface area contributed by atoms with Crippen LogP contribution in [0.5, 0.6) is 11.5 Å². The lowest BCUT2D eigenvalue weighted by molar-refractivity contribution is -0.275. The molecule has 6 nitrogen and oxygen atoms in total. The van der Waals surface area contributed by atoms with E-state index in [2.05, 4.69) is 30.1 Å². The van der Waals surface area contributed by atoms with Crippen molar-refractivity contribution in [3.05, 3.63) is 60.9 Å². The quantitative estimate of drug-likeness (QED) is 0.485. The van der Waals surface area contributed by atoms with Gasteiger partial charge in [-0.3, -0.25) is 0 Å². The van der Waals surface area contributed by atoms with Crippen LogP contribution in [0.25, 0.3) is 0 Å². The Hall–Kier alpha value is -3.70. The zero-order valence-electron chi connectivity index (χ0n) is 14.8. The maximum absolute atomic E-state index is 12.2. The molecule has 0 aliphatic rings. The highest BCUT2D eigenvalue weighted by Crippen LogP contribution is 2.29. The SMILES string of the molecule is FC(F)(F)Oc1ccc(Nc2nccnc2Nc2ccc(OC(F)(F)F)cc2)cc1. The molecule has 1 heterocycles. The molecule has 158 valence electrons. The monoisotopic (exact) mass is 430 g/mol. The summed E-state index contributed by atoms with van der Waals surface area (Å²) in [5, 5.41) is 5.76. The Bertz CT molecular complexity index is 895. The molecule has 0 aliphatic carbocycles. The Labute approximate surface area is 165 Å². The summed E-state index contributed by atoms with van der Waals surface area (Å²) in [7, 11) is 0. The topological polar surface area (TPSA) is 68.3 Å². The van der Waals surface area contributed by atoms with Gasteiger partial charge in [0.15, 0.2) is 11.6 Å². The van der Waals surface area contributed by atoms with Gasteiger partial charge in [-0.05, 0) is 48.5 Å². The summed E-state index contributed by atoms with van der Waals surface area (Å²) in [6, 6.07) is 9.89. The molecule has 0 bridgehead atoms. The van der Waals surface area contributed by atoms with Crippen LogP contribution in [-0.4, -0.2) is 22.7 Å². The number of benzene rings is 2. The third kappa shape index (κ3) is 6.43. The first kappa shape index (κ1) is 21.0. The summed E-state index contributed by atoms with van der Waals surface area (Å²) in [5.41, 5.74) is 0.809. The molecule has 1 aromatic heterocycles. The van der Waals surface area contributed by atoms with E-state index < -0.39 is 12.7 Å². The summed E-state index contributed by atoms with van der Waals surface area (Å²) >= 11 is 0. The minimum atomic E-state index is -4.79. The molecule has 0 unspecified atom stereocenters. The van der Waals surface area contributed by atoms with Crippen molar-refractivity contribution in [3.8, 4) is 11.5 Å². The lowest BCUT2D eigenvalue weighted by atomic mass is 10.3. The molecule has 0 saturated heterocycles. The lowest BCUT2D eigenvalue weighted by Crippen LogP contribution is -2.17. The maximum atomic E-state index is 12.2. The van der Waals surface area contributed by atoms with Gasteiger partial charge in [0.1, 0.15) is 11.5 Å². The van der Waals surface area contributed by atoms with Crippen molar-refractivity contribution < 1.29 is 35.8 Å². The molecular weight excluding hydrogens is 418 g/mol. The largest absolute Gasteiger partial charge is 0.573 e. The first-order valence-electron chi connectivity index (χ1n) is 8.14. The van der Waals surface area contributed by atoms with Gasteiger partial charge in [-0.15, -0.1) is 26.3 Å². The van der Waals surface area contributed by atoms with E-state index >= 15 is 0 Å². The number of aromatic nitrogens is 2. The van der Waals surface area contributed by atoms with E-state index in [0.29, 0.717) is 11.4 Å². The molecule has 3 aromatic rings. The smallest absolute Gasteiger partial charge is 0.406 e. The molecule has 30 heavy (non-hydrogen) atoms. The fourth-order valence-electron chi connectivity index (χ4n) is 2.27. The van der Waals surface area contributed by atoms with Crippen molar-refractivity contribution in [3.63, 3.8) is 0 Å². The minimum Gasteiger partial charge on any atom is -0.406 e. The number of rotatable bonds is 6.